The van der Waals surface area contributed by atoms with Crippen LogP contribution < -0.4 is 10.2 Å². The topological polar surface area (TPSA) is 37.4 Å². The first-order valence-electron chi connectivity index (χ1n) is 7.08. The highest BCUT2D eigenvalue weighted by Gasteiger charge is 2.06. The van der Waals surface area contributed by atoms with Crippen LogP contribution in [0.3, 0.4) is 0 Å². The number of ether oxygens (including phenoxy) is 1. The summed E-state index contributed by atoms with van der Waals surface area (Å²) in [7, 11) is 3.80. The number of rotatable bonds is 9. The Kier molecular flexibility index (Phi) is 7.45. The Bertz CT molecular complexity index is 340. The summed E-state index contributed by atoms with van der Waals surface area (Å²) in [5.74, 6) is 1.02. The standard InChI is InChI=1S/C15H27N3O/c1-5-9-16-13(2)14-7-8-15(17-12-14)18(3)10-6-11-19-4/h7-8,12-13,16H,5-6,9-11H2,1-4H3. The van der Waals surface area contributed by atoms with Gasteiger partial charge in [-0.1, -0.05) is 13.0 Å². The van der Waals surface area contributed by atoms with E-state index in [4.69, 9.17) is 4.74 Å². The molecule has 1 unspecified atom stereocenters. The van der Waals surface area contributed by atoms with Crippen molar-refractivity contribution < 1.29 is 4.74 Å². The minimum absolute atomic E-state index is 0.361. The van der Waals surface area contributed by atoms with E-state index in [0.717, 1.165) is 38.4 Å². The first-order chi connectivity index (χ1) is 9.19. The molecule has 0 radical (unpaired) electrons. The molecule has 0 spiro atoms. The highest BCUT2D eigenvalue weighted by Crippen LogP contribution is 2.15. The van der Waals surface area contributed by atoms with Gasteiger partial charge in [0.1, 0.15) is 5.82 Å². The average molecular weight is 265 g/mol. The third-order valence-electron chi connectivity index (χ3n) is 3.20. The van der Waals surface area contributed by atoms with Crippen molar-refractivity contribution >= 4 is 5.82 Å². The molecule has 1 rings (SSSR count). The largest absolute Gasteiger partial charge is 0.385 e. The zero-order valence-electron chi connectivity index (χ0n) is 12.6. The molecule has 1 atom stereocenters. The second-order valence-electron chi connectivity index (χ2n) is 4.89. The van der Waals surface area contributed by atoms with Gasteiger partial charge in [-0.15, -0.1) is 0 Å². The van der Waals surface area contributed by atoms with Crippen molar-refractivity contribution in [3.8, 4) is 0 Å². The Morgan fingerprint density at radius 1 is 1.42 bits per heavy atom. The summed E-state index contributed by atoms with van der Waals surface area (Å²) in [5.41, 5.74) is 1.24. The Morgan fingerprint density at radius 3 is 2.79 bits per heavy atom. The van der Waals surface area contributed by atoms with Crippen LogP contribution in [0.25, 0.3) is 0 Å². The minimum atomic E-state index is 0.361. The lowest BCUT2D eigenvalue weighted by Crippen LogP contribution is -2.22. The van der Waals surface area contributed by atoms with E-state index in [2.05, 4.69) is 48.2 Å². The summed E-state index contributed by atoms with van der Waals surface area (Å²) in [6, 6.07) is 4.61. The highest BCUT2D eigenvalue weighted by atomic mass is 16.5. The number of hydrogen-bond acceptors (Lipinski definition) is 4. The summed E-state index contributed by atoms with van der Waals surface area (Å²) in [4.78, 5) is 6.69. The summed E-state index contributed by atoms with van der Waals surface area (Å²) in [5, 5.41) is 3.47. The van der Waals surface area contributed by atoms with Gasteiger partial charge >= 0.3 is 0 Å². The van der Waals surface area contributed by atoms with Crippen LogP contribution in [-0.2, 0) is 4.74 Å². The summed E-state index contributed by atoms with van der Waals surface area (Å²) >= 11 is 0. The second kappa shape index (κ2) is 8.88. The summed E-state index contributed by atoms with van der Waals surface area (Å²) in [6.45, 7) is 7.15. The Balaban J connectivity index is 2.50. The van der Waals surface area contributed by atoms with Crippen molar-refractivity contribution in [3.63, 3.8) is 0 Å². The maximum atomic E-state index is 5.06. The molecule has 0 saturated carbocycles. The van der Waals surface area contributed by atoms with Crippen molar-refractivity contribution in [3.05, 3.63) is 23.9 Å². The van der Waals surface area contributed by atoms with Crippen LogP contribution in [-0.4, -0.2) is 38.8 Å². The fourth-order valence-electron chi connectivity index (χ4n) is 1.92. The van der Waals surface area contributed by atoms with Crippen molar-refractivity contribution in [2.75, 3.05) is 38.8 Å². The van der Waals surface area contributed by atoms with Gasteiger partial charge in [-0.2, -0.15) is 0 Å². The van der Waals surface area contributed by atoms with Gasteiger partial charge in [-0.3, -0.25) is 0 Å². The molecule has 1 aromatic heterocycles. The van der Waals surface area contributed by atoms with E-state index in [1.54, 1.807) is 7.11 Å². The van der Waals surface area contributed by atoms with Crippen LogP contribution in [0.15, 0.2) is 18.3 Å². The molecule has 0 fully saturated rings. The lowest BCUT2D eigenvalue weighted by molar-refractivity contribution is 0.196. The number of hydrogen-bond donors (Lipinski definition) is 1. The maximum absolute atomic E-state index is 5.06. The van der Waals surface area contributed by atoms with Crippen LogP contribution in [0.1, 0.15) is 38.3 Å². The fourth-order valence-corrected chi connectivity index (χ4v) is 1.92. The molecule has 0 aliphatic rings. The second-order valence-corrected chi connectivity index (χ2v) is 4.89. The lowest BCUT2D eigenvalue weighted by Gasteiger charge is -2.19. The van der Waals surface area contributed by atoms with Gasteiger partial charge in [0.2, 0.25) is 0 Å². The smallest absolute Gasteiger partial charge is 0.128 e. The molecule has 0 aromatic carbocycles. The average Bonchev–Trinajstić information content (AvgIpc) is 2.45. The molecule has 1 N–H and O–H groups in total. The summed E-state index contributed by atoms with van der Waals surface area (Å²) in [6.07, 6.45) is 4.14. The van der Waals surface area contributed by atoms with Crippen molar-refractivity contribution in [2.24, 2.45) is 0 Å². The quantitative estimate of drug-likeness (QED) is 0.696. The van der Waals surface area contributed by atoms with Gasteiger partial charge in [0.05, 0.1) is 0 Å². The van der Waals surface area contributed by atoms with Gasteiger partial charge in [0, 0.05) is 39.5 Å². The van der Waals surface area contributed by atoms with E-state index in [0.29, 0.717) is 6.04 Å². The molecule has 1 heterocycles. The Morgan fingerprint density at radius 2 is 2.21 bits per heavy atom. The van der Waals surface area contributed by atoms with Crippen molar-refractivity contribution in [2.45, 2.75) is 32.7 Å². The highest BCUT2D eigenvalue weighted by molar-refractivity contribution is 5.38. The number of methoxy groups -OCH3 is 1. The molecule has 108 valence electrons. The van der Waals surface area contributed by atoms with Gasteiger partial charge in [-0.25, -0.2) is 4.98 Å². The van der Waals surface area contributed by atoms with Gasteiger partial charge < -0.3 is 15.0 Å². The normalized spacial score (nSPS) is 12.4. The minimum Gasteiger partial charge on any atom is -0.385 e. The van der Waals surface area contributed by atoms with Crippen LogP contribution in [0.5, 0.6) is 0 Å². The molecule has 1 aromatic rings. The number of pyridine rings is 1. The summed E-state index contributed by atoms with van der Waals surface area (Å²) < 4.78 is 5.06. The van der Waals surface area contributed by atoms with E-state index in [-0.39, 0.29) is 0 Å². The molecule has 0 aliphatic carbocycles. The van der Waals surface area contributed by atoms with E-state index in [1.165, 1.54) is 5.56 Å². The number of nitrogens with one attached hydrogen (secondary N) is 1. The zero-order valence-corrected chi connectivity index (χ0v) is 12.6. The Hall–Kier alpha value is -1.13. The zero-order chi connectivity index (χ0) is 14.1. The molecule has 0 aliphatic heterocycles. The number of aromatic nitrogens is 1. The van der Waals surface area contributed by atoms with Crippen molar-refractivity contribution in [1.82, 2.24) is 10.3 Å². The fraction of sp³-hybridized carbons (Fsp3) is 0.667. The number of anilines is 1. The third-order valence-corrected chi connectivity index (χ3v) is 3.20. The van der Waals surface area contributed by atoms with Gasteiger partial charge in [0.25, 0.3) is 0 Å². The SMILES string of the molecule is CCCNC(C)c1ccc(N(C)CCCOC)nc1. The van der Waals surface area contributed by atoms with Crippen LogP contribution in [0.2, 0.25) is 0 Å². The van der Waals surface area contributed by atoms with E-state index < -0.39 is 0 Å². The first kappa shape index (κ1) is 15.9. The van der Waals surface area contributed by atoms with Crippen LogP contribution in [0.4, 0.5) is 5.82 Å². The van der Waals surface area contributed by atoms with Crippen LogP contribution in [0, 0.1) is 0 Å². The van der Waals surface area contributed by atoms with Crippen molar-refractivity contribution in [1.29, 1.82) is 0 Å². The molecule has 0 amide bonds. The molecular formula is C15H27N3O. The Labute approximate surface area is 117 Å². The third kappa shape index (κ3) is 5.57. The van der Waals surface area contributed by atoms with E-state index in [9.17, 15) is 0 Å². The van der Waals surface area contributed by atoms with Gasteiger partial charge in [-0.05, 0) is 37.9 Å². The molecule has 4 nitrogen and oxygen atoms in total. The monoisotopic (exact) mass is 265 g/mol. The van der Waals surface area contributed by atoms with Crippen LogP contribution >= 0.6 is 0 Å². The predicted octanol–water partition coefficient (Wildman–Crippen LogP) is 2.61. The maximum Gasteiger partial charge on any atom is 0.128 e. The lowest BCUT2D eigenvalue weighted by atomic mass is 10.1. The molecular weight excluding hydrogens is 238 g/mol. The molecule has 19 heavy (non-hydrogen) atoms. The van der Waals surface area contributed by atoms with E-state index in [1.807, 2.05) is 6.20 Å². The number of nitrogens with zero attached hydrogens (tertiary/aromatic N) is 2. The molecule has 0 saturated heterocycles. The predicted molar refractivity (Wildman–Crippen MR) is 80.7 cm³/mol. The van der Waals surface area contributed by atoms with E-state index >= 15 is 0 Å². The first-order valence-corrected chi connectivity index (χ1v) is 7.08. The molecule has 0 bridgehead atoms. The van der Waals surface area contributed by atoms with Gasteiger partial charge in [0.15, 0.2) is 0 Å². The molecule has 4 heteroatoms.